The van der Waals surface area contributed by atoms with Gasteiger partial charge in [0.25, 0.3) is 0 Å². The van der Waals surface area contributed by atoms with Crippen LogP contribution >= 0.6 is 24.0 Å². The molecule has 6 nitrogen and oxygen atoms in total. The Balaban J connectivity index is 0.00000341. The summed E-state index contributed by atoms with van der Waals surface area (Å²) in [7, 11) is 4.99. The molecule has 0 spiro atoms. The zero-order valence-corrected chi connectivity index (χ0v) is 20.6. The number of aliphatic imine (C=N–C) groups is 1. The second kappa shape index (κ2) is 12.1. The van der Waals surface area contributed by atoms with Crippen molar-refractivity contribution >= 4 is 29.9 Å². The first-order valence-electron chi connectivity index (χ1n) is 10.1. The molecule has 1 heterocycles. The Bertz CT molecular complexity index is 856. The molecule has 8 heteroatoms. The Morgan fingerprint density at radius 1 is 1.03 bits per heavy atom. The van der Waals surface area contributed by atoms with Crippen LogP contribution in [0.15, 0.2) is 47.5 Å². The fourth-order valence-corrected chi connectivity index (χ4v) is 3.78. The van der Waals surface area contributed by atoms with Gasteiger partial charge in [0, 0.05) is 38.8 Å². The zero-order chi connectivity index (χ0) is 21.4. The van der Waals surface area contributed by atoms with Crippen LogP contribution in [0.5, 0.6) is 11.5 Å². The van der Waals surface area contributed by atoms with E-state index in [0.29, 0.717) is 43.8 Å². The fourth-order valence-electron chi connectivity index (χ4n) is 3.78. The van der Waals surface area contributed by atoms with Crippen molar-refractivity contribution in [2.45, 2.75) is 24.8 Å². The molecule has 2 aromatic rings. The van der Waals surface area contributed by atoms with Crippen molar-refractivity contribution in [3.8, 4) is 11.5 Å². The molecule has 0 aromatic heterocycles. The van der Waals surface area contributed by atoms with Crippen molar-refractivity contribution in [1.82, 2.24) is 10.6 Å². The molecule has 1 aliphatic heterocycles. The number of guanidine groups is 1. The number of nitrogens with one attached hydrogen (secondary N) is 2. The smallest absolute Gasteiger partial charge is 0.191 e. The Hall–Kier alpha value is -2.07. The molecule has 170 valence electrons. The van der Waals surface area contributed by atoms with Crippen LogP contribution in [0, 0.1) is 5.82 Å². The summed E-state index contributed by atoms with van der Waals surface area (Å²) in [5, 5.41) is 6.79. The predicted octanol–water partition coefficient (Wildman–Crippen LogP) is 3.87. The summed E-state index contributed by atoms with van der Waals surface area (Å²) < 4.78 is 29.7. The lowest BCUT2D eigenvalue weighted by molar-refractivity contribution is 0.0513. The van der Waals surface area contributed by atoms with Crippen LogP contribution in [0.4, 0.5) is 4.39 Å². The maximum atomic E-state index is 13.4. The summed E-state index contributed by atoms with van der Waals surface area (Å²) in [5.41, 5.74) is 2.05. The lowest BCUT2D eigenvalue weighted by Crippen LogP contribution is -2.47. The first kappa shape index (κ1) is 25.2. The van der Waals surface area contributed by atoms with Gasteiger partial charge >= 0.3 is 0 Å². The molecule has 1 saturated heterocycles. The van der Waals surface area contributed by atoms with Crippen molar-refractivity contribution in [2.75, 3.05) is 41.0 Å². The topological polar surface area (TPSA) is 64.1 Å². The van der Waals surface area contributed by atoms with Crippen LogP contribution < -0.4 is 20.1 Å². The number of benzene rings is 2. The number of nitrogens with zero attached hydrogens (tertiary/aromatic N) is 1. The van der Waals surface area contributed by atoms with E-state index in [1.54, 1.807) is 21.3 Å². The highest BCUT2D eigenvalue weighted by atomic mass is 127. The summed E-state index contributed by atoms with van der Waals surface area (Å²) >= 11 is 0. The lowest BCUT2D eigenvalue weighted by Gasteiger charge is -2.38. The predicted molar refractivity (Wildman–Crippen MR) is 131 cm³/mol. The van der Waals surface area contributed by atoms with E-state index in [2.05, 4.69) is 15.6 Å². The molecule has 0 radical (unpaired) electrons. The van der Waals surface area contributed by atoms with Gasteiger partial charge in [-0.05, 0) is 48.2 Å². The Kier molecular flexibility index (Phi) is 9.83. The molecule has 2 N–H and O–H groups in total. The minimum Gasteiger partial charge on any atom is -0.493 e. The van der Waals surface area contributed by atoms with Crippen LogP contribution in [-0.4, -0.2) is 47.0 Å². The monoisotopic (exact) mass is 543 g/mol. The third-order valence-electron chi connectivity index (χ3n) is 5.63. The highest BCUT2D eigenvalue weighted by Gasteiger charge is 2.34. The summed E-state index contributed by atoms with van der Waals surface area (Å²) in [6.45, 7) is 2.66. The first-order chi connectivity index (χ1) is 14.6. The van der Waals surface area contributed by atoms with Crippen LogP contribution in [0.1, 0.15) is 24.0 Å². The molecular formula is C23H31FIN3O3. The van der Waals surface area contributed by atoms with Gasteiger partial charge in [0.2, 0.25) is 0 Å². The van der Waals surface area contributed by atoms with Crippen molar-refractivity contribution < 1.29 is 18.6 Å². The van der Waals surface area contributed by atoms with E-state index < -0.39 is 0 Å². The Morgan fingerprint density at radius 2 is 1.71 bits per heavy atom. The molecule has 0 saturated carbocycles. The molecule has 0 unspecified atom stereocenters. The number of hydrogen-bond acceptors (Lipinski definition) is 4. The normalized spacial score (nSPS) is 15.5. The molecule has 0 atom stereocenters. The van der Waals surface area contributed by atoms with Gasteiger partial charge in [0.1, 0.15) is 5.82 Å². The second-order valence-corrected chi connectivity index (χ2v) is 7.37. The van der Waals surface area contributed by atoms with E-state index in [9.17, 15) is 4.39 Å². The molecule has 3 rings (SSSR count). The van der Waals surface area contributed by atoms with Crippen LogP contribution in [-0.2, 0) is 16.7 Å². The van der Waals surface area contributed by atoms with Crippen molar-refractivity contribution in [3.63, 3.8) is 0 Å². The van der Waals surface area contributed by atoms with E-state index in [1.165, 1.54) is 12.1 Å². The van der Waals surface area contributed by atoms with Crippen LogP contribution in [0.3, 0.4) is 0 Å². The Labute approximate surface area is 200 Å². The largest absolute Gasteiger partial charge is 0.493 e. The second-order valence-electron chi connectivity index (χ2n) is 7.37. The fraction of sp³-hybridized carbons (Fsp3) is 0.435. The molecule has 2 aromatic carbocycles. The number of rotatable bonds is 7. The summed E-state index contributed by atoms with van der Waals surface area (Å²) in [5.74, 6) is 1.88. The van der Waals surface area contributed by atoms with Gasteiger partial charge in [-0.15, -0.1) is 24.0 Å². The van der Waals surface area contributed by atoms with Gasteiger partial charge < -0.3 is 24.8 Å². The van der Waals surface area contributed by atoms with E-state index in [-0.39, 0.29) is 35.2 Å². The van der Waals surface area contributed by atoms with E-state index in [4.69, 9.17) is 14.2 Å². The summed E-state index contributed by atoms with van der Waals surface area (Å²) in [4.78, 5) is 4.35. The molecule has 0 aliphatic carbocycles. The molecule has 1 aliphatic rings. The highest BCUT2D eigenvalue weighted by Crippen LogP contribution is 2.34. The molecule has 31 heavy (non-hydrogen) atoms. The first-order valence-corrected chi connectivity index (χ1v) is 10.1. The molecule has 1 fully saturated rings. The van der Waals surface area contributed by atoms with Gasteiger partial charge in [-0.1, -0.05) is 18.2 Å². The number of hydrogen-bond donors (Lipinski definition) is 2. The number of halogens is 2. The van der Waals surface area contributed by atoms with Crippen molar-refractivity contribution in [3.05, 3.63) is 59.4 Å². The van der Waals surface area contributed by atoms with Crippen LogP contribution in [0.25, 0.3) is 0 Å². The zero-order valence-electron chi connectivity index (χ0n) is 18.2. The summed E-state index contributed by atoms with van der Waals surface area (Å²) in [6.07, 6.45) is 1.75. The summed E-state index contributed by atoms with van der Waals surface area (Å²) in [6, 6.07) is 12.6. The SMILES string of the molecule is CN=C(NCc1ccc(OC)c(OC)c1)NCC1(c2ccc(F)cc2)CCOCC1.I. The van der Waals surface area contributed by atoms with Crippen LogP contribution in [0.2, 0.25) is 0 Å². The van der Waals surface area contributed by atoms with Gasteiger partial charge in [0.05, 0.1) is 14.2 Å². The quantitative estimate of drug-likeness (QED) is 0.316. The standard InChI is InChI=1S/C23H30FN3O3.HI/c1-25-22(26-15-17-4-9-20(28-2)21(14-17)29-3)27-16-23(10-12-30-13-11-23)18-5-7-19(24)8-6-18;/h4-9,14H,10-13,15-16H2,1-3H3,(H2,25,26,27);1H. The average Bonchev–Trinajstić information content (AvgIpc) is 2.80. The Morgan fingerprint density at radius 3 is 2.32 bits per heavy atom. The minimum atomic E-state index is -0.221. The van der Waals surface area contributed by atoms with Gasteiger partial charge in [-0.3, -0.25) is 4.99 Å². The maximum absolute atomic E-state index is 13.4. The minimum absolute atomic E-state index is 0. The van der Waals surface area contributed by atoms with Crippen molar-refractivity contribution in [1.29, 1.82) is 0 Å². The lowest BCUT2D eigenvalue weighted by atomic mass is 9.74. The van der Waals surface area contributed by atoms with Gasteiger partial charge in [-0.2, -0.15) is 0 Å². The third kappa shape index (κ3) is 6.46. The van der Waals surface area contributed by atoms with Crippen molar-refractivity contribution in [2.24, 2.45) is 4.99 Å². The van der Waals surface area contributed by atoms with E-state index in [1.807, 2.05) is 30.3 Å². The van der Waals surface area contributed by atoms with E-state index in [0.717, 1.165) is 24.0 Å². The number of ether oxygens (including phenoxy) is 3. The number of methoxy groups -OCH3 is 2. The molecular weight excluding hydrogens is 512 g/mol. The maximum Gasteiger partial charge on any atom is 0.191 e. The highest BCUT2D eigenvalue weighted by molar-refractivity contribution is 14.0. The van der Waals surface area contributed by atoms with Gasteiger partial charge in [0.15, 0.2) is 17.5 Å². The molecule has 0 amide bonds. The molecule has 0 bridgehead atoms. The average molecular weight is 543 g/mol. The van der Waals surface area contributed by atoms with E-state index >= 15 is 0 Å². The van der Waals surface area contributed by atoms with Gasteiger partial charge in [-0.25, -0.2) is 4.39 Å². The third-order valence-corrected chi connectivity index (χ3v) is 5.63.